The number of fused-ring (bicyclic) bond motifs is 1. The number of hydrogen-bond acceptors (Lipinski definition) is 11. The van der Waals surface area contributed by atoms with Crippen LogP contribution >= 0.6 is 0 Å². The first-order chi connectivity index (χ1) is 28.3. The number of morpholine rings is 1. The van der Waals surface area contributed by atoms with Gasteiger partial charge in [-0.25, -0.2) is 9.78 Å². The fourth-order valence-corrected chi connectivity index (χ4v) is 8.31. The number of nitrogens with one attached hydrogen (secondary N) is 2. The van der Waals surface area contributed by atoms with Gasteiger partial charge in [0.1, 0.15) is 18.3 Å². The molecule has 1 aromatic heterocycles. The lowest BCUT2D eigenvalue weighted by molar-refractivity contribution is -0.169. The Hall–Kier alpha value is -5.75. The van der Waals surface area contributed by atoms with E-state index >= 15 is 0 Å². The van der Waals surface area contributed by atoms with E-state index in [-0.39, 0.29) is 43.5 Å². The molecule has 0 aliphatic carbocycles. The first kappa shape index (κ1) is 40.0. The molecule has 6 heterocycles. The smallest absolute Gasteiger partial charge is 0.393 e. The third-order valence-corrected chi connectivity index (χ3v) is 11.7. The lowest BCUT2D eigenvalue weighted by Crippen LogP contribution is -2.54. The normalized spacial score (nSPS) is 21.6. The van der Waals surface area contributed by atoms with E-state index in [9.17, 15) is 37.1 Å². The number of carbonyl (C=O) groups is 5. The van der Waals surface area contributed by atoms with Crippen LogP contribution in [0.1, 0.15) is 45.5 Å². The third kappa shape index (κ3) is 8.41. The zero-order chi connectivity index (χ0) is 41.4. The first-order valence-corrected chi connectivity index (χ1v) is 19.9. The molecule has 2 N–H and O–H groups in total. The Morgan fingerprint density at radius 1 is 0.898 bits per heavy atom. The maximum absolute atomic E-state index is 13.4. The van der Waals surface area contributed by atoms with Crippen molar-refractivity contribution in [3.63, 3.8) is 0 Å². The van der Waals surface area contributed by atoms with Gasteiger partial charge in [-0.1, -0.05) is 6.07 Å². The minimum atomic E-state index is -4.34. The van der Waals surface area contributed by atoms with Crippen LogP contribution in [-0.2, 0) is 14.3 Å². The second-order valence-corrected chi connectivity index (χ2v) is 15.4. The summed E-state index contributed by atoms with van der Waals surface area (Å²) in [6, 6.07) is 11.0. The highest BCUT2D eigenvalue weighted by Gasteiger charge is 2.46. The number of aromatic nitrogens is 1. The highest BCUT2D eigenvalue weighted by atomic mass is 19.4. The lowest BCUT2D eigenvalue weighted by atomic mass is 10.0. The number of piperidine rings is 1. The Morgan fingerprint density at radius 2 is 1.66 bits per heavy atom. The topological polar surface area (TPSA) is 157 Å². The van der Waals surface area contributed by atoms with Crippen LogP contribution in [0.25, 0.3) is 11.1 Å². The second-order valence-electron chi connectivity index (χ2n) is 15.4. The van der Waals surface area contributed by atoms with Crippen LogP contribution in [0.3, 0.4) is 0 Å². The number of hydrogen-bond donors (Lipinski definition) is 2. The van der Waals surface area contributed by atoms with Gasteiger partial charge in [-0.05, 0) is 67.3 Å². The molecule has 5 aliphatic heterocycles. The number of likely N-dealkylation sites (tertiary alicyclic amines) is 1. The summed E-state index contributed by atoms with van der Waals surface area (Å²) in [7, 11) is 0. The summed E-state index contributed by atoms with van der Waals surface area (Å²) in [4.78, 5) is 77.0. The zero-order valence-corrected chi connectivity index (χ0v) is 32.6. The highest BCUT2D eigenvalue weighted by Crippen LogP contribution is 2.36. The fraction of sp³-hybridized carbons (Fsp3) is 0.463. The Labute approximate surface area is 338 Å². The molecule has 0 bridgehead atoms. The number of urea groups is 1. The predicted octanol–water partition coefficient (Wildman–Crippen LogP) is 3.91. The van der Waals surface area contributed by atoms with Crippen molar-refractivity contribution in [1.29, 1.82) is 0 Å². The SMILES string of the molecule is Cc1ccc(NC(=O)N2CC[C@@H](C(F)(F)F)C2)cc1-c1cnc(OCCN2CCN(c3ccc4c(c3)C(=O)N(C3CCC(=O)NC3=O)C4=O)CC2)c(N2CCOCC2)c1. The van der Waals surface area contributed by atoms with Gasteiger partial charge in [0, 0.05) is 88.5 Å². The Kier molecular flexibility index (Phi) is 11.2. The quantitative estimate of drug-likeness (QED) is 0.302. The van der Waals surface area contributed by atoms with E-state index in [4.69, 9.17) is 14.5 Å². The molecule has 4 saturated heterocycles. The molecule has 2 atom stereocenters. The molecule has 0 saturated carbocycles. The highest BCUT2D eigenvalue weighted by molar-refractivity contribution is 6.23. The number of rotatable bonds is 9. The summed E-state index contributed by atoms with van der Waals surface area (Å²) in [6.45, 7) is 7.82. The van der Waals surface area contributed by atoms with E-state index in [1.165, 1.54) is 4.90 Å². The number of alkyl halides is 3. The van der Waals surface area contributed by atoms with E-state index in [0.29, 0.717) is 64.1 Å². The molecule has 15 nitrogen and oxygen atoms in total. The third-order valence-electron chi connectivity index (χ3n) is 11.7. The van der Waals surface area contributed by atoms with Gasteiger partial charge in [0.15, 0.2) is 0 Å². The van der Waals surface area contributed by atoms with Crippen LogP contribution in [0.15, 0.2) is 48.7 Å². The van der Waals surface area contributed by atoms with Crippen LogP contribution in [-0.4, -0.2) is 140 Å². The fourth-order valence-electron chi connectivity index (χ4n) is 8.31. The number of halogens is 3. The molecule has 312 valence electrons. The molecule has 6 amide bonds. The molecule has 2 aromatic carbocycles. The largest absolute Gasteiger partial charge is 0.475 e. The van der Waals surface area contributed by atoms with Gasteiger partial charge >= 0.3 is 12.2 Å². The molecular weight excluding hydrogens is 773 g/mol. The van der Waals surface area contributed by atoms with Gasteiger partial charge in [-0.2, -0.15) is 13.2 Å². The number of carbonyl (C=O) groups excluding carboxylic acids is 5. The van der Waals surface area contributed by atoms with E-state index in [2.05, 4.69) is 25.3 Å². The lowest BCUT2D eigenvalue weighted by Gasteiger charge is -2.36. The van der Waals surface area contributed by atoms with Crippen molar-refractivity contribution >= 4 is 46.7 Å². The molecule has 59 heavy (non-hydrogen) atoms. The molecule has 8 rings (SSSR count). The van der Waals surface area contributed by atoms with E-state index in [1.807, 2.05) is 25.1 Å². The first-order valence-electron chi connectivity index (χ1n) is 19.9. The number of ether oxygens (including phenoxy) is 2. The summed E-state index contributed by atoms with van der Waals surface area (Å²) in [5.74, 6) is -3.17. The maximum atomic E-state index is 13.4. The van der Waals surface area contributed by atoms with Crippen LogP contribution < -0.4 is 25.2 Å². The molecule has 18 heteroatoms. The van der Waals surface area contributed by atoms with Crippen LogP contribution in [0.2, 0.25) is 0 Å². The van der Waals surface area contributed by atoms with Gasteiger partial charge in [-0.15, -0.1) is 0 Å². The van der Waals surface area contributed by atoms with Gasteiger partial charge in [0.25, 0.3) is 11.8 Å². The molecule has 3 aromatic rings. The summed E-state index contributed by atoms with van der Waals surface area (Å²) < 4.78 is 51.6. The van der Waals surface area contributed by atoms with Crippen LogP contribution in [0.5, 0.6) is 5.88 Å². The standard InChI is InChI=1S/C41H45F3N8O7/c1-25-2-3-28(46-40(57)51-9-8-27(24-51)41(42,43)44)21-31(25)26-20-34(50-15-17-58-18-16-50)37(45-23-26)59-19-14-48-10-12-49(13-11-48)29-4-5-30-32(22-29)39(56)52(38(30)55)33-6-7-35(53)47-36(33)54/h2-5,20-23,27,33H,6-19,24H2,1H3,(H,46,57)(H,47,53,54)/t27-,33?/m1/s1. The average molecular weight is 819 g/mol. The second kappa shape index (κ2) is 16.5. The van der Waals surface area contributed by atoms with E-state index in [0.717, 1.165) is 46.1 Å². The number of anilines is 3. The molecular formula is C41H45F3N8O7. The summed E-state index contributed by atoms with van der Waals surface area (Å²) >= 11 is 0. The number of piperazine rings is 1. The zero-order valence-electron chi connectivity index (χ0n) is 32.6. The number of aryl methyl sites for hydroxylation is 1. The molecule has 4 fully saturated rings. The van der Waals surface area contributed by atoms with Crippen molar-refractivity contribution in [3.8, 4) is 17.0 Å². The number of imide groups is 2. The minimum absolute atomic E-state index is 0.0394. The van der Waals surface area contributed by atoms with Crippen molar-refractivity contribution in [2.45, 2.75) is 38.4 Å². The van der Waals surface area contributed by atoms with Crippen molar-refractivity contribution in [1.82, 2.24) is 25.0 Å². The van der Waals surface area contributed by atoms with Gasteiger partial charge in [0.05, 0.1) is 30.3 Å². The summed E-state index contributed by atoms with van der Waals surface area (Å²) in [5, 5.41) is 4.99. The van der Waals surface area contributed by atoms with E-state index < -0.39 is 47.8 Å². The number of pyridine rings is 1. The van der Waals surface area contributed by atoms with Gasteiger partial charge in [-0.3, -0.25) is 34.3 Å². The summed E-state index contributed by atoms with van der Waals surface area (Å²) in [6.07, 6.45) is -2.57. The molecule has 1 unspecified atom stereocenters. The Balaban J connectivity index is 0.886. The van der Waals surface area contributed by atoms with E-state index in [1.54, 1.807) is 30.5 Å². The summed E-state index contributed by atoms with van der Waals surface area (Å²) in [5.41, 5.74) is 5.11. The van der Waals surface area contributed by atoms with Gasteiger partial charge < -0.3 is 29.5 Å². The molecule has 5 aliphatic rings. The maximum Gasteiger partial charge on any atom is 0.393 e. The number of amides is 6. The minimum Gasteiger partial charge on any atom is -0.475 e. The van der Waals surface area contributed by atoms with Crippen LogP contribution in [0, 0.1) is 12.8 Å². The predicted molar refractivity (Wildman–Crippen MR) is 209 cm³/mol. The average Bonchev–Trinajstić information content (AvgIpc) is 3.83. The van der Waals surface area contributed by atoms with Crippen molar-refractivity contribution < 1.29 is 46.6 Å². The van der Waals surface area contributed by atoms with Crippen molar-refractivity contribution in [3.05, 3.63) is 65.4 Å². The van der Waals surface area contributed by atoms with Crippen LogP contribution in [0.4, 0.5) is 35.0 Å². The number of benzene rings is 2. The van der Waals surface area contributed by atoms with Crippen molar-refractivity contribution in [2.75, 3.05) is 93.8 Å². The van der Waals surface area contributed by atoms with Crippen molar-refractivity contribution in [2.24, 2.45) is 5.92 Å². The van der Waals surface area contributed by atoms with Gasteiger partial charge in [0.2, 0.25) is 17.7 Å². The number of nitrogens with zero attached hydrogens (tertiary/aromatic N) is 6. The molecule has 0 spiro atoms. The monoisotopic (exact) mass is 818 g/mol. The molecule has 0 radical (unpaired) electrons. The Morgan fingerprint density at radius 3 is 2.39 bits per heavy atom. The Bertz CT molecular complexity index is 2150.